The fourth-order valence-electron chi connectivity index (χ4n) is 2.99. The van der Waals surface area contributed by atoms with Gasteiger partial charge in [-0.1, -0.05) is 48.5 Å². The molecule has 1 fully saturated rings. The molecular formula is C14H28O. The molecule has 0 N–H and O–H groups in total. The van der Waals surface area contributed by atoms with Crippen LogP contribution in [0.15, 0.2) is 0 Å². The highest BCUT2D eigenvalue weighted by molar-refractivity contribution is 4.97. The van der Waals surface area contributed by atoms with Crippen LogP contribution in [0, 0.1) is 22.7 Å². The smallest absolute Gasteiger partial charge is 0.0663 e. The maximum Gasteiger partial charge on any atom is 0.0663 e. The lowest BCUT2D eigenvalue weighted by molar-refractivity contribution is -0.0410. The third kappa shape index (κ3) is 2.55. The second kappa shape index (κ2) is 3.76. The fourth-order valence-corrected chi connectivity index (χ4v) is 2.99. The molecule has 0 saturated carbocycles. The van der Waals surface area contributed by atoms with E-state index in [9.17, 15) is 0 Å². The summed E-state index contributed by atoms with van der Waals surface area (Å²) in [7, 11) is 0. The van der Waals surface area contributed by atoms with Crippen LogP contribution in [0.1, 0.15) is 55.4 Å². The Labute approximate surface area is 95.6 Å². The van der Waals surface area contributed by atoms with Crippen molar-refractivity contribution in [3.63, 3.8) is 0 Å². The van der Waals surface area contributed by atoms with Crippen LogP contribution < -0.4 is 0 Å². The van der Waals surface area contributed by atoms with Gasteiger partial charge in [0.15, 0.2) is 0 Å². The van der Waals surface area contributed by atoms with Gasteiger partial charge in [-0.25, -0.2) is 0 Å². The molecule has 0 radical (unpaired) electrons. The van der Waals surface area contributed by atoms with Crippen LogP contribution in [0.2, 0.25) is 0 Å². The van der Waals surface area contributed by atoms with Crippen molar-refractivity contribution in [1.29, 1.82) is 0 Å². The second-order valence-electron chi connectivity index (χ2n) is 7.38. The number of ether oxygens (including phenoxy) is 1. The lowest BCUT2D eigenvalue weighted by Crippen LogP contribution is -2.39. The van der Waals surface area contributed by atoms with Crippen LogP contribution in [0.5, 0.6) is 0 Å². The van der Waals surface area contributed by atoms with Gasteiger partial charge >= 0.3 is 0 Å². The molecule has 1 rings (SSSR count). The highest BCUT2D eigenvalue weighted by atomic mass is 16.5. The maximum atomic E-state index is 6.18. The first-order valence-electron chi connectivity index (χ1n) is 6.20. The molecule has 4 atom stereocenters. The molecule has 1 heterocycles. The second-order valence-corrected chi connectivity index (χ2v) is 7.38. The van der Waals surface area contributed by atoms with Crippen molar-refractivity contribution >= 4 is 0 Å². The fraction of sp³-hybridized carbons (Fsp3) is 1.00. The molecule has 1 heteroatoms. The van der Waals surface area contributed by atoms with Crippen molar-refractivity contribution in [2.75, 3.05) is 0 Å². The third-order valence-electron chi connectivity index (χ3n) is 3.85. The van der Waals surface area contributed by atoms with Gasteiger partial charge in [-0.3, -0.25) is 0 Å². The molecule has 0 aromatic rings. The number of rotatable bonds is 0. The predicted octanol–water partition coefficient (Wildman–Crippen LogP) is 4.12. The molecule has 1 unspecified atom stereocenters. The van der Waals surface area contributed by atoms with Crippen molar-refractivity contribution < 1.29 is 4.74 Å². The van der Waals surface area contributed by atoms with Crippen molar-refractivity contribution in [3.05, 3.63) is 0 Å². The van der Waals surface area contributed by atoms with Crippen molar-refractivity contribution in [3.8, 4) is 0 Å². The Morgan fingerprint density at radius 1 is 0.800 bits per heavy atom. The van der Waals surface area contributed by atoms with Crippen LogP contribution in [0.3, 0.4) is 0 Å². The van der Waals surface area contributed by atoms with Crippen molar-refractivity contribution in [1.82, 2.24) is 0 Å². The zero-order valence-electron chi connectivity index (χ0n) is 11.7. The first kappa shape index (κ1) is 13.0. The molecular weight excluding hydrogens is 184 g/mol. The van der Waals surface area contributed by atoms with Crippen LogP contribution >= 0.6 is 0 Å². The number of hydrogen-bond acceptors (Lipinski definition) is 1. The Balaban J connectivity index is 2.98. The largest absolute Gasteiger partial charge is 0.374 e. The lowest BCUT2D eigenvalue weighted by atomic mass is 9.66. The average Bonchev–Trinajstić information content (AvgIpc) is 2.25. The van der Waals surface area contributed by atoms with E-state index >= 15 is 0 Å². The van der Waals surface area contributed by atoms with E-state index in [0.717, 1.165) is 0 Å². The molecule has 1 nitrogen and oxygen atoms in total. The first-order valence-corrected chi connectivity index (χ1v) is 6.20. The summed E-state index contributed by atoms with van der Waals surface area (Å²) in [5.41, 5.74) is 0.582. The van der Waals surface area contributed by atoms with Crippen molar-refractivity contribution in [2.24, 2.45) is 22.7 Å². The molecule has 0 aromatic carbocycles. The first-order chi connectivity index (χ1) is 6.55. The normalized spacial score (nSPS) is 38.4. The van der Waals surface area contributed by atoms with E-state index in [-0.39, 0.29) is 5.41 Å². The van der Waals surface area contributed by atoms with E-state index < -0.39 is 0 Å². The maximum absolute atomic E-state index is 6.18. The van der Waals surface area contributed by atoms with Gasteiger partial charge in [0.2, 0.25) is 0 Å². The van der Waals surface area contributed by atoms with E-state index in [1.165, 1.54) is 0 Å². The molecule has 0 amide bonds. The minimum Gasteiger partial charge on any atom is -0.374 e. The summed E-state index contributed by atoms with van der Waals surface area (Å²) in [6.45, 7) is 18.5. The SMILES string of the molecule is CC1[C@H](C)O[C@H](C(C)(C)C)[C@@H]1C(C)(C)C. The molecule has 90 valence electrons. The lowest BCUT2D eigenvalue weighted by Gasteiger charge is -2.39. The van der Waals surface area contributed by atoms with Crippen LogP contribution in [0.4, 0.5) is 0 Å². The minimum absolute atomic E-state index is 0.247. The quantitative estimate of drug-likeness (QED) is 0.587. The molecule has 15 heavy (non-hydrogen) atoms. The molecule has 1 aliphatic rings. The van der Waals surface area contributed by atoms with Gasteiger partial charge in [-0.05, 0) is 29.6 Å². The van der Waals surface area contributed by atoms with E-state index in [2.05, 4.69) is 55.4 Å². The van der Waals surface area contributed by atoms with E-state index in [0.29, 0.717) is 29.5 Å². The van der Waals surface area contributed by atoms with E-state index in [1.54, 1.807) is 0 Å². The monoisotopic (exact) mass is 212 g/mol. The number of hydrogen-bond donors (Lipinski definition) is 0. The highest BCUT2D eigenvalue weighted by Crippen LogP contribution is 2.49. The zero-order valence-corrected chi connectivity index (χ0v) is 11.7. The van der Waals surface area contributed by atoms with E-state index in [4.69, 9.17) is 4.74 Å². The average molecular weight is 212 g/mol. The summed E-state index contributed by atoms with van der Waals surface area (Å²) >= 11 is 0. The third-order valence-corrected chi connectivity index (χ3v) is 3.85. The van der Waals surface area contributed by atoms with Gasteiger partial charge in [0, 0.05) is 0 Å². The summed E-state index contributed by atoms with van der Waals surface area (Å²) in [5, 5.41) is 0. The van der Waals surface area contributed by atoms with Gasteiger partial charge in [-0.15, -0.1) is 0 Å². The topological polar surface area (TPSA) is 9.23 Å². The minimum atomic E-state index is 0.247. The Hall–Kier alpha value is -0.0400. The molecule has 0 spiro atoms. The summed E-state index contributed by atoms with van der Waals surface area (Å²) in [4.78, 5) is 0. The van der Waals surface area contributed by atoms with Gasteiger partial charge in [0.1, 0.15) is 0 Å². The van der Waals surface area contributed by atoms with Crippen molar-refractivity contribution in [2.45, 2.75) is 67.6 Å². The van der Waals surface area contributed by atoms with Gasteiger partial charge in [-0.2, -0.15) is 0 Å². The van der Waals surface area contributed by atoms with Crippen LogP contribution in [-0.4, -0.2) is 12.2 Å². The Bertz CT molecular complexity index is 218. The van der Waals surface area contributed by atoms with Crippen LogP contribution in [-0.2, 0) is 4.74 Å². The Kier molecular flexibility index (Phi) is 3.27. The molecule has 0 bridgehead atoms. The Morgan fingerprint density at radius 3 is 1.53 bits per heavy atom. The van der Waals surface area contributed by atoms with Crippen LogP contribution in [0.25, 0.3) is 0 Å². The van der Waals surface area contributed by atoms with Gasteiger partial charge < -0.3 is 4.74 Å². The summed E-state index contributed by atoms with van der Waals surface area (Å²) < 4.78 is 6.18. The highest BCUT2D eigenvalue weighted by Gasteiger charge is 2.49. The summed E-state index contributed by atoms with van der Waals surface area (Å²) in [6.07, 6.45) is 0.793. The zero-order chi connectivity index (χ0) is 12.0. The van der Waals surface area contributed by atoms with Gasteiger partial charge in [0.05, 0.1) is 12.2 Å². The molecule has 0 aliphatic carbocycles. The Morgan fingerprint density at radius 2 is 1.27 bits per heavy atom. The van der Waals surface area contributed by atoms with E-state index in [1.807, 2.05) is 0 Å². The molecule has 1 aliphatic heterocycles. The molecule has 1 saturated heterocycles. The molecule has 0 aromatic heterocycles. The predicted molar refractivity (Wildman–Crippen MR) is 65.9 cm³/mol. The summed E-state index contributed by atoms with van der Waals surface area (Å²) in [5.74, 6) is 1.32. The standard InChI is InChI=1S/C14H28O/c1-9-10(2)15-12(14(6,7)8)11(9)13(3,4)5/h9-12H,1-8H3/t9?,10-,11+,12-/m0/s1. The summed E-state index contributed by atoms with van der Waals surface area (Å²) in [6, 6.07) is 0. The van der Waals surface area contributed by atoms with Gasteiger partial charge in [0.25, 0.3) is 0 Å².